The molecule has 1 aromatic heterocycles. The third kappa shape index (κ3) is 3.24. The summed E-state index contributed by atoms with van der Waals surface area (Å²) in [5.74, 6) is 0. The second kappa shape index (κ2) is 6.24. The lowest BCUT2D eigenvalue weighted by Gasteiger charge is -2.00. The van der Waals surface area contributed by atoms with Gasteiger partial charge in [-0.15, -0.1) is 0 Å². The summed E-state index contributed by atoms with van der Waals surface area (Å²) >= 11 is 0. The lowest BCUT2D eigenvalue weighted by Crippen LogP contribution is -2.00. The standard InChI is InChI=1S/C13H11N5O6/c1-8-9(7-15(2)14-8)3-4-11-12(17(21)22)5-10(16(19)20)6-13(11)18(23)24/h3-7H,1-2H3/b4-3+. The number of aromatic nitrogens is 2. The highest BCUT2D eigenvalue weighted by atomic mass is 16.6. The van der Waals surface area contributed by atoms with Gasteiger partial charge in [0.2, 0.25) is 0 Å². The van der Waals surface area contributed by atoms with Gasteiger partial charge in [-0.25, -0.2) is 0 Å². The monoisotopic (exact) mass is 333 g/mol. The van der Waals surface area contributed by atoms with Crippen LogP contribution in [0.3, 0.4) is 0 Å². The third-order valence-corrected chi connectivity index (χ3v) is 3.21. The van der Waals surface area contributed by atoms with Crippen molar-refractivity contribution in [1.29, 1.82) is 0 Å². The lowest BCUT2D eigenvalue weighted by molar-refractivity contribution is -0.403. The van der Waals surface area contributed by atoms with Crippen molar-refractivity contribution >= 4 is 29.2 Å². The molecule has 0 aliphatic carbocycles. The van der Waals surface area contributed by atoms with Crippen molar-refractivity contribution in [3.8, 4) is 0 Å². The number of benzene rings is 1. The number of hydrogen-bond acceptors (Lipinski definition) is 7. The van der Waals surface area contributed by atoms with Crippen LogP contribution in [0, 0.1) is 37.3 Å². The first-order valence-electron chi connectivity index (χ1n) is 6.50. The first-order valence-corrected chi connectivity index (χ1v) is 6.50. The molecule has 0 atom stereocenters. The summed E-state index contributed by atoms with van der Waals surface area (Å²) < 4.78 is 1.52. The van der Waals surface area contributed by atoms with Gasteiger partial charge in [0.25, 0.3) is 17.1 Å². The molecule has 0 radical (unpaired) electrons. The predicted octanol–water partition coefficient (Wildman–Crippen LogP) is 2.62. The van der Waals surface area contributed by atoms with Crippen molar-refractivity contribution in [2.45, 2.75) is 6.92 Å². The number of hydrogen-bond donors (Lipinski definition) is 0. The number of non-ortho nitro benzene ring substituents is 1. The fraction of sp³-hybridized carbons (Fsp3) is 0.154. The minimum absolute atomic E-state index is 0.321. The maximum absolute atomic E-state index is 11.2. The Kier molecular flexibility index (Phi) is 4.35. The van der Waals surface area contributed by atoms with Gasteiger partial charge in [-0.3, -0.25) is 35.0 Å². The SMILES string of the molecule is Cc1nn(C)cc1/C=C/c1c([N+](=O)[O-])cc([N+](=O)[O-])cc1[N+](=O)[O-]. The van der Waals surface area contributed by atoms with Crippen LogP contribution in [0.4, 0.5) is 17.1 Å². The van der Waals surface area contributed by atoms with Crippen molar-refractivity contribution in [1.82, 2.24) is 9.78 Å². The Bertz CT molecular complexity index is 850. The Morgan fingerprint density at radius 3 is 1.92 bits per heavy atom. The van der Waals surface area contributed by atoms with E-state index in [1.54, 1.807) is 20.2 Å². The molecule has 24 heavy (non-hydrogen) atoms. The van der Waals surface area contributed by atoms with E-state index in [0.29, 0.717) is 23.4 Å². The van der Waals surface area contributed by atoms with Gasteiger partial charge in [0.1, 0.15) is 5.56 Å². The number of nitrogens with zero attached hydrogens (tertiary/aromatic N) is 5. The molecule has 0 unspecified atom stereocenters. The van der Waals surface area contributed by atoms with Gasteiger partial charge in [0, 0.05) is 18.8 Å². The molecular formula is C13H11N5O6. The Balaban J connectivity index is 2.66. The van der Waals surface area contributed by atoms with Crippen LogP contribution < -0.4 is 0 Å². The molecule has 124 valence electrons. The first kappa shape index (κ1) is 16.7. The first-order chi connectivity index (χ1) is 11.2. The highest BCUT2D eigenvalue weighted by molar-refractivity contribution is 5.81. The Morgan fingerprint density at radius 2 is 1.54 bits per heavy atom. The molecule has 2 aromatic rings. The van der Waals surface area contributed by atoms with Crippen molar-refractivity contribution < 1.29 is 14.8 Å². The average Bonchev–Trinajstić information content (AvgIpc) is 2.81. The molecule has 0 bridgehead atoms. The maximum atomic E-state index is 11.2. The molecule has 2 rings (SSSR count). The van der Waals surface area contributed by atoms with Gasteiger partial charge in [0.05, 0.1) is 32.6 Å². The molecule has 0 N–H and O–H groups in total. The fourth-order valence-corrected chi connectivity index (χ4v) is 2.14. The molecule has 0 aliphatic rings. The molecule has 0 fully saturated rings. The second-order valence-electron chi connectivity index (χ2n) is 4.85. The van der Waals surface area contributed by atoms with Crippen LogP contribution in [0.25, 0.3) is 12.2 Å². The van der Waals surface area contributed by atoms with Crippen LogP contribution in [-0.2, 0) is 7.05 Å². The van der Waals surface area contributed by atoms with Gasteiger partial charge >= 0.3 is 0 Å². The number of nitro benzene ring substituents is 3. The summed E-state index contributed by atoms with van der Waals surface area (Å²) in [6.45, 7) is 1.71. The summed E-state index contributed by atoms with van der Waals surface area (Å²) in [5, 5.41) is 37.2. The molecule has 0 spiro atoms. The molecule has 0 saturated carbocycles. The van der Waals surface area contributed by atoms with E-state index in [4.69, 9.17) is 0 Å². The topological polar surface area (TPSA) is 147 Å². The van der Waals surface area contributed by atoms with E-state index in [1.807, 2.05) is 0 Å². The quantitative estimate of drug-likeness (QED) is 0.603. The maximum Gasteiger partial charge on any atom is 0.290 e. The second-order valence-corrected chi connectivity index (χ2v) is 4.85. The van der Waals surface area contributed by atoms with Crippen LogP contribution in [0.1, 0.15) is 16.8 Å². The van der Waals surface area contributed by atoms with Crippen LogP contribution in [0.5, 0.6) is 0 Å². The van der Waals surface area contributed by atoms with Crippen LogP contribution in [0.15, 0.2) is 18.3 Å². The summed E-state index contributed by atoms with van der Waals surface area (Å²) in [4.78, 5) is 30.4. The highest BCUT2D eigenvalue weighted by Gasteiger charge is 2.28. The number of aryl methyl sites for hydroxylation is 2. The molecule has 0 saturated heterocycles. The smallest absolute Gasteiger partial charge is 0.275 e. The fourth-order valence-electron chi connectivity index (χ4n) is 2.14. The molecular weight excluding hydrogens is 322 g/mol. The third-order valence-electron chi connectivity index (χ3n) is 3.21. The molecule has 0 aliphatic heterocycles. The molecule has 11 nitrogen and oxygen atoms in total. The zero-order chi connectivity index (χ0) is 18.0. The van der Waals surface area contributed by atoms with Gasteiger partial charge in [-0.1, -0.05) is 6.08 Å². The van der Waals surface area contributed by atoms with Crippen molar-refractivity contribution in [2.24, 2.45) is 7.05 Å². The van der Waals surface area contributed by atoms with Gasteiger partial charge < -0.3 is 0 Å². The highest BCUT2D eigenvalue weighted by Crippen LogP contribution is 2.35. The summed E-state index contributed by atoms with van der Waals surface area (Å²) in [6, 6.07) is 1.39. The van der Waals surface area contributed by atoms with Gasteiger partial charge in [-0.2, -0.15) is 5.10 Å². The van der Waals surface area contributed by atoms with Crippen LogP contribution in [0.2, 0.25) is 0 Å². The lowest BCUT2D eigenvalue weighted by atomic mass is 10.1. The predicted molar refractivity (Wildman–Crippen MR) is 83.3 cm³/mol. The normalized spacial score (nSPS) is 10.9. The minimum atomic E-state index is -0.918. The number of nitro groups is 3. The summed E-state index contributed by atoms with van der Waals surface area (Å²) in [5.41, 5.74) is -1.23. The van der Waals surface area contributed by atoms with E-state index in [-0.39, 0.29) is 5.56 Å². The van der Waals surface area contributed by atoms with E-state index >= 15 is 0 Å². The average molecular weight is 333 g/mol. The Labute approximate surface area is 134 Å². The Morgan fingerprint density at radius 1 is 1.00 bits per heavy atom. The largest absolute Gasteiger partial charge is 0.290 e. The van der Waals surface area contributed by atoms with E-state index < -0.39 is 31.8 Å². The molecule has 1 heterocycles. The molecule has 0 amide bonds. The summed E-state index contributed by atoms with van der Waals surface area (Å²) in [6.07, 6.45) is 4.25. The van der Waals surface area contributed by atoms with Crippen molar-refractivity contribution in [3.63, 3.8) is 0 Å². The van der Waals surface area contributed by atoms with Crippen LogP contribution in [-0.4, -0.2) is 24.6 Å². The van der Waals surface area contributed by atoms with E-state index in [2.05, 4.69) is 5.10 Å². The molecule has 11 heteroatoms. The zero-order valence-electron chi connectivity index (χ0n) is 12.6. The van der Waals surface area contributed by atoms with Gasteiger partial charge in [-0.05, 0) is 13.0 Å². The van der Waals surface area contributed by atoms with Crippen LogP contribution >= 0.6 is 0 Å². The van der Waals surface area contributed by atoms with E-state index in [1.165, 1.54) is 16.8 Å². The van der Waals surface area contributed by atoms with Crippen molar-refractivity contribution in [2.75, 3.05) is 0 Å². The van der Waals surface area contributed by atoms with E-state index in [0.717, 1.165) is 0 Å². The molecule has 1 aromatic carbocycles. The minimum Gasteiger partial charge on any atom is -0.275 e. The summed E-state index contributed by atoms with van der Waals surface area (Å²) in [7, 11) is 1.68. The zero-order valence-corrected chi connectivity index (χ0v) is 12.6. The van der Waals surface area contributed by atoms with Gasteiger partial charge in [0.15, 0.2) is 0 Å². The van der Waals surface area contributed by atoms with Crippen molar-refractivity contribution in [3.05, 3.63) is 65.5 Å². The van der Waals surface area contributed by atoms with E-state index in [9.17, 15) is 30.3 Å². The Hall–Kier alpha value is -3.63. The number of rotatable bonds is 5.